The zero-order valence-electron chi connectivity index (χ0n) is 21.3. The van der Waals surface area contributed by atoms with Crippen molar-refractivity contribution in [1.82, 2.24) is 20.2 Å². The molecular weight excluding hydrogens is 514 g/mol. The summed E-state index contributed by atoms with van der Waals surface area (Å²) in [6.45, 7) is 5.07. The minimum absolute atomic E-state index is 0.0293. The van der Waals surface area contributed by atoms with Gasteiger partial charge in [0, 0.05) is 42.5 Å². The van der Waals surface area contributed by atoms with Crippen molar-refractivity contribution < 1.29 is 35.7 Å². The van der Waals surface area contributed by atoms with Gasteiger partial charge < -0.3 is 4.74 Å². The highest BCUT2D eigenvalue weighted by Crippen LogP contribution is 2.60. The molecule has 38 heavy (non-hydrogen) atoms. The average molecular weight is 543 g/mol. The van der Waals surface area contributed by atoms with E-state index in [0.717, 1.165) is 18.7 Å². The molecule has 0 saturated carbocycles. The maximum Gasteiger partial charge on any atom is 0.427 e. The van der Waals surface area contributed by atoms with Gasteiger partial charge in [0.1, 0.15) is 11.0 Å². The molecule has 1 aromatic carbocycles. The number of aromatic nitrogens is 3. The molecule has 1 atom stereocenters. The molecule has 2 aromatic heterocycles. The molecule has 0 spiro atoms. The van der Waals surface area contributed by atoms with Gasteiger partial charge in [-0.15, -0.1) is 0 Å². The van der Waals surface area contributed by atoms with E-state index < -0.39 is 48.5 Å². The van der Waals surface area contributed by atoms with Crippen molar-refractivity contribution in [3.63, 3.8) is 0 Å². The van der Waals surface area contributed by atoms with Gasteiger partial charge in [-0.2, -0.15) is 26.3 Å². The Morgan fingerprint density at radius 2 is 1.71 bits per heavy atom. The van der Waals surface area contributed by atoms with E-state index in [1.54, 1.807) is 44.0 Å². The summed E-state index contributed by atoms with van der Waals surface area (Å²) in [6.07, 6.45) is -8.10. The van der Waals surface area contributed by atoms with Gasteiger partial charge in [-0.1, -0.05) is 24.3 Å². The van der Waals surface area contributed by atoms with Crippen molar-refractivity contribution >= 4 is 17.1 Å². The van der Waals surface area contributed by atoms with Gasteiger partial charge in [0.05, 0.1) is 0 Å². The predicted octanol–water partition coefficient (Wildman–Crippen LogP) is 6.47. The Bertz CT molecular complexity index is 1290. The van der Waals surface area contributed by atoms with Gasteiger partial charge in [-0.25, -0.2) is 4.63 Å². The first-order valence-electron chi connectivity index (χ1n) is 12.0. The van der Waals surface area contributed by atoms with Crippen LogP contribution >= 0.6 is 0 Å². The van der Waals surface area contributed by atoms with E-state index in [4.69, 9.17) is 4.74 Å². The van der Waals surface area contributed by atoms with E-state index in [1.165, 1.54) is 24.3 Å². The maximum atomic E-state index is 14.7. The summed E-state index contributed by atoms with van der Waals surface area (Å²) in [5.74, 6) is 0. The largest absolute Gasteiger partial charge is 0.427 e. The number of fused-ring (bicyclic) bond motifs is 1. The molecule has 0 amide bonds. The summed E-state index contributed by atoms with van der Waals surface area (Å²) in [5, 5.41) is 7.37. The normalized spacial score (nSPS) is 20.2. The molecule has 0 unspecified atom stereocenters. The van der Waals surface area contributed by atoms with E-state index in [-0.39, 0.29) is 6.54 Å². The third-order valence-electron chi connectivity index (χ3n) is 7.44. The molecule has 12 heteroatoms. The second kappa shape index (κ2) is 9.64. The lowest BCUT2D eigenvalue weighted by Gasteiger charge is -2.48. The fourth-order valence-electron chi connectivity index (χ4n) is 5.27. The summed E-state index contributed by atoms with van der Waals surface area (Å²) >= 11 is 0. The van der Waals surface area contributed by atoms with Crippen molar-refractivity contribution in [2.45, 2.75) is 57.6 Å². The number of rotatable bonds is 7. The molecule has 6 nitrogen and oxygen atoms in total. The lowest BCUT2D eigenvalue weighted by molar-refractivity contribution is -0.407. The zero-order valence-corrected chi connectivity index (χ0v) is 21.3. The fourth-order valence-corrected chi connectivity index (χ4v) is 5.27. The van der Waals surface area contributed by atoms with Crippen LogP contribution in [0.4, 0.5) is 26.3 Å². The van der Waals surface area contributed by atoms with E-state index in [1.807, 2.05) is 0 Å². The smallest absolute Gasteiger partial charge is 0.358 e. The van der Waals surface area contributed by atoms with Crippen LogP contribution in [-0.4, -0.2) is 57.8 Å². The Kier molecular flexibility index (Phi) is 7.11. The Morgan fingerprint density at radius 3 is 2.32 bits per heavy atom. The van der Waals surface area contributed by atoms with Crippen molar-refractivity contribution in [3.8, 4) is 0 Å². The number of halogens is 6. The highest BCUT2D eigenvalue weighted by Gasteiger charge is 2.81. The lowest BCUT2D eigenvalue weighted by atomic mass is 9.68. The van der Waals surface area contributed by atoms with Crippen LogP contribution in [0, 0.1) is 12.3 Å². The van der Waals surface area contributed by atoms with Crippen LogP contribution in [0.25, 0.3) is 17.1 Å². The SMILES string of the molecule is CCOC(C(F)(F)F)(C(F)(F)F)[C@]1(/C=C/c2ccc3nonc3c2)CCN(C(C)(C)c2ccc(C)nc2)C1. The topological polar surface area (TPSA) is 64.3 Å². The number of benzene rings is 1. The van der Waals surface area contributed by atoms with Crippen molar-refractivity contribution in [3.05, 3.63) is 59.4 Å². The first-order valence-corrected chi connectivity index (χ1v) is 12.0. The molecule has 0 N–H and O–H groups in total. The first-order chi connectivity index (χ1) is 17.7. The van der Waals surface area contributed by atoms with Crippen LogP contribution in [0.15, 0.2) is 47.2 Å². The number of likely N-dealkylation sites (tertiary alicyclic amines) is 1. The second-order valence-electron chi connectivity index (χ2n) is 10.0. The zero-order chi connectivity index (χ0) is 28.0. The van der Waals surface area contributed by atoms with Crippen LogP contribution < -0.4 is 0 Å². The number of ether oxygens (including phenoxy) is 1. The van der Waals surface area contributed by atoms with Crippen LogP contribution in [0.3, 0.4) is 0 Å². The van der Waals surface area contributed by atoms with Crippen molar-refractivity contribution in [1.29, 1.82) is 0 Å². The second-order valence-corrected chi connectivity index (χ2v) is 10.0. The van der Waals surface area contributed by atoms with Gasteiger partial charge in [0.25, 0.3) is 5.60 Å². The third-order valence-corrected chi connectivity index (χ3v) is 7.44. The van der Waals surface area contributed by atoms with Gasteiger partial charge >= 0.3 is 12.4 Å². The monoisotopic (exact) mass is 542 g/mol. The summed E-state index contributed by atoms with van der Waals surface area (Å²) < 4.78 is 97.6. The van der Waals surface area contributed by atoms with Crippen molar-refractivity contribution in [2.75, 3.05) is 19.7 Å². The van der Waals surface area contributed by atoms with Crippen LogP contribution in [-0.2, 0) is 10.3 Å². The van der Waals surface area contributed by atoms with E-state index in [2.05, 4.69) is 19.9 Å². The summed E-state index contributed by atoms with van der Waals surface area (Å²) in [4.78, 5) is 5.89. The predicted molar refractivity (Wildman–Crippen MR) is 128 cm³/mol. The van der Waals surface area contributed by atoms with Gasteiger partial charge in [0.2, 0.25) is 0 Å². The third kappa shape index (κ3) is 4.57. The quantitative estimate of drug-likeness (QED) is 0.319. The molecule has 1 aliphatic heterocycles. The molecule has 0 radical (unpaired) electrons. The molecule has 0 aliphatic carbocycles. The van der Waals surface area contributed by atoms with Crippen molar-refractivity contribution in [2.24, 2.45) is 5.41 Å². The first kappa shape index (κ1) is 28.0. The minimum atomic E-state index is -5.75. The summed E-state index contributed by atoms with van der Waals surface area (Å²) in [5.41, 5.74) is -5.34. The fraction of sp³-hybridized carbons (Fsp3) is 0.500. The molecule has 206 valence electrons. The van der Waals surface area contributed by atoms with E-state index in [9.17, 15) is 26.3 Å². The van der Waals surface area contributed by atoms with E-state index in [0.29, 0.717) is 22.2 Å². The van der Waals surface area contributed by atoms with E-state index >= 15 is 0 Å². The Labute approximate surface area is 215 Å². The Morgan fingerprint density at radius 1 is 1.03 bits per heavy atom. The molecule has 0 bridgehead atoms. The van der Waals surface area contributed by atoms with Gasteiger partial charge in [0.15, 0.2) is 0 Å². The molecule has 3 aromatic rings. The molecule has 1 aliphatic rings. The van der Waals surface area contributed by atoms with Crippen LogP contribution in [0.1, 0.15) is 44.0 Å². The maximum absolute atomic E-state index is 14.7. The molecule has 1 fully saturated rings. The number of alkyl halides is 6. The summed E-state index contributed by atoms with van der Waals surface area (Å²) in [7, 11) is 0. The Balaban J connectivity index is 1.86. The number of hydrogen-bond acceptors (Lipinski definition) is 6. The standard InChI is InChI=1S/C26H28F6N4O2/c1-5-37-24(25(27,28)29,26(30,31)32)23(11-10-18-7-9-20-21(14-18)35-38-34-20)12-13-36(16-23)22(3,4)19-8-6-17(2)33-15-19/h6-11,14-15H,5,12-13,16H2,1-4H3/b11-10+/t23-/m1/s1. The summed E-state index contributed by atoms with van der Waals surface area (Å²) in [6, 6.07) is 8.06. The molecular formula is C26H28F6N4O2. The highest BCUT2D eigenvalue weighted by molar-refractivity contribution is 5.76. The molecule has 1 saturated heterocycles. The lowest BCUT2D eigenvalue weighted by Crippen LogP contribution is -2.69. The van der Waals surface area contributed by atoms with Gasteiger partial charge in [-0.3, -0.25) is 9.88 Å². The highest BCUT2D eigenvalue weighted by atomic mass is 19.4. The minimum Gasteiger partial charge on any atom is -0.358 e. The number of pyridine rings is 1. The van der Waals surface area contributed by atoms with Crippen LogP contribution in [0.5, 0.6) is 0 Å². The van der Waals surface area contributed by atoms with Crippen LogP contribution in [0.2, 0.25) is 0 Å². The Hall–Kier alpha value is -2.99. The molecule has 3 heterocycles. The molecule has 4 rings (SSSR count). The average Bonchev–Trinajstić information content (AvgIpc) is 3.48. The number of nitrogens with zero attached hydrogens (tertiary/aromatic N) is 4. The number of hydrogen-bond donors (Lipinski definition) is 0. The van der Waals surface area contributed by atoms with Gasteiger partial charge in [-0.05, 0) is 73.8 Å². The number of aryl methyl sites for hydroxylation is 1.